The molecule has 0 fully saturated rings. The van der Waals surface area contributed by atoms with E-state index in [1.165, 1.54) is 29.7 Å². The lowest BCUT2D eigenvalue weighted by Crippen LogP contribution is -2.27. The fraction of sp³-hybridized carbons (Fsp3) is 0.714. The molecule has 1 aromatic heterocycles. The number of ether oxygens (including phenoxy) is 1. The van der Waals surface area contributed by atoms with Crippen LogP contribution in [0, 0.1) is 5.92 Å². The zero-order valence-corrected chi connectivity index (χ0v) is 12.7. The molecule has 0 spiro atoms. The minimum atomic E-state index is 0.472. The van der Waals surface area contributed by atoms with Crippen molar-refractivity contribution in [2.24, 2.45) is 5.92 Å². The molecule has 1 atom stereocenters. The van der Waals surface area contributed by atoms with Crippen LogP contribution in [0.2, 0.25) is 4.34 Å². The fourth-order valence-corrected chi connectivity index (χ4v) is 3.74. The first-order valence-corrected chi connectivity index (χ1v) is 7.95. The van der Waals surface area contributed by atoms with Gasteiger partial charge < -0.3 is 10.1 Å². The third-order valence-electron chi connectivity index (χ3n) is 3.17. The molecule has 0 radical (unpaired) electrons. The predicted molar refractivity (Wildman–Crippen MR) is 78.7 cm³/mol. The Bertz CT molecular complexity index is 378. The van der Waals surface area contributed by atoms with Gasteiger partial charge in [0.15, 0.2) is 0 Å². The van der Waals surface area contributed by atoms with Crippen LogP contribution in [0.3, 0.4) is 0 Å². The highest BCUT2D eigenvalue weighted by Crippen LogP contribution is 2.37. The molecule has 2 nitrogen and oxygen atoms in total. The van der Waals surface area contributed by atoms with E-state index in [0.29, 0.717) is 12.0 Å². The van der Waals surface area contributed by atoms with Crippen LogP contribution >= 0.6 is 22.9 Å². The van der Waals surface area contributed by atoms with E-state index >= 15 is 0 Å². The molecule has 1 unspecified atom stereocenters. The smallest absolute Gasteiger partial charge is 0.0934 e. The summed E-state index contributed by atoms with van der Waals surface area (Å²) < 4.78 is 6.51. The van der Waals surface area contributed by atoms with Gasteiger partial charge in [0.1, 0.15) is 0 Å². The first-order chi connectivity index (χ1) is 8.66. The van der Waals surface area contributed by atoms with Crippen molar-refractivity contribution >= 4 is 22.9 Å². The molecule has 0 aromatic carbocycles. The van der Waals surface area contributed by atoms with E-state index < -0.39 is 0 Å². The van der Waals surface area contributed by atoms with E-state index in [9.17, 15) is 0 Å². The van der Waals surface area contributed by atoms with Crippen LogP contribution < -0.4 is 5.32 Å². The van der Waals surface area contributed by atoms with Gasteiger partial charge in [-0.1, -0.05) is 25.4 Å². The number of rotatable bonds is 6. The van der Waals surface area contributed by atoms with E-state index in [0.717, 1.165) is 24.1 Å². The molecule has 4 heteroatoms. The van der Waals surface area contributed by atoms with Crippen LogP contribution in [0.1, 0.15) is 43.2 Å². The predicted octanol–water partition coefficient (Wildman–Crippen LogP) is 4.04. The molecule has 1 aromatic rings. The summed E-state index contributed by atoms with van der Waals surface area (Å²) in [6, 6.07) is 2.60. The molecule has 0 saturated carbocycles. The third-order valence-corrected chi connectivity index (χ3v) is 4.51. The van der Waals surface area contributed by atoms with Gasteiger partial charge in [-0.15, -0.1) is 11.3 Å². The molecular weight excluding hydrogens is 266 g/mol. The quantitative estimate of drug-likeness (QED) is 0.797. The van der Waals surface area contributed by atoms with Gasteiger partial charge in [-0.3, -0.25) is 0 Å². The maximum absolute atomic E-state index is 6.10. The molecule has 18 heavy (non-hydrogen) atoms. The van der Waals surface area contributed by atoms with Gasteiger partial charge in [0, 0.05) is 24.1 Å². The van der Waals surface area contributed by atoms with Crippen LogP contribution in [0.5, 0.6) is 0 Å². The number of fused-ring (bicyclic) bond motifs is 1. The summed E-state index contributed by atoms with van der Waals surface area (Å²) in [5, 5.41) is 3.59. The van der Waals surface area contributed by atoms with Gasteiger partial charge in [-0.2, -0.15) is 0 Å². The number of hydrogen-bond acceptors (Lipinski definition) is 3. The van der Waals surface area contributed by atoms with Crippen molar-refractivity contribution in [3.63, 3.8) is 0 Å². The molecule has 1 heterocycles. The zero-order chi connectivity index (χ0) is 13.0. The minimum absolute atomic E-state index is 0.472. The number of thiophene rings is 1. The Labute approximate surface area is 119 Å². The highest BCUT2D eigenvalue weighted by Gasteiger charge is 2.21. The lowest BCUT2D eigenvalue weighted by atomic mass is 9.94. The van der Waals surface area contributed by atoms with Crippen molar-refractivity contribution in [3.05, 3.63) is 20.8 Å². The lowest BCUT2D eigenvalue weighted by molar-refractivity contribution is 0.109. The molecule has 1 aliphatic carbocycles. The van der Waals surface area contributed by atoms with Crippen LogP contribution in [0.4, 0.5) is 0 Å². The second-order valence-corrected chi connectivity index (χ2v) is 7.06. The topological polar surface area (TPSA) is 21.3 Å². The van der Waals surface area contributed by atoms with E-state index in [1.807, 2.05) is 0 Å². The summed E-state index contributed by atoms with van der Waals surface area (Å²) in [5.74, 6) is 0.613. The van der Waals surface area contributed by atoms with Gasteiger partial charge in [0.2, 0.25) is 0 Å². The van der Waals surface area contributed by atoms with Crippen molar-refractivity contribution in [1.29, 1.82) is 0 Å². The summed E-state index contributed by atoms with van der Waals surface area (Å²) in [6.07, 6.45) is 3.66. The van der Waals surface area contributed by atoms with E-state index in [1.54, 1.807) is 11.3 Å². The molecular formula is C14H22ClNOS. The second-order valence-electron chi connectivity index (χ2n) is 5.30. The summed E-state index contributed by atoms with van der Waals surface area (Å²) in [6.45, 7) is 6.91. The lowest BCUT2D eigenvalue weighted by Gasteiger charge is -2.23. The molecule has 0 saturated heterocycles. The Morgan fingerprint density at radius 1 is 1.56 bits per heavy atom. The molecule has 1 N–H and O–H groups in total. The Balaban J connectivity index is 1.77. The van der Waals surface area contributed by atoms with Gasteiger partial charge in [-0.25, -0.2) is 0 Å². The summed E-state index contributed by atoms with van der Waals surface area (Å²) in [5.41, 5.74) is 1.42. The molecule has 0 aliphatic heterocycles. The molecule has 1 aliphatic rings. The monoisotopic (exact) mass is 287 g/mol. The molecule has 102 valence electrons. The Morgan fingerprint density at radius 2 is 2.39 bits per heavy atom. The number of aryl methyl sites for hydroxylation is 1. The van der Waals surface area contributed by atoms with Crippen molar-refractivity contribution in [1.82, 2.24) is 5.32 Å². The number of hydrogen-bond donors (Lipinski definition) is 1. The summed E-state index contributed by atoms with van der Waals surface area (Å²) >= 11 is 7.84. The second kappa shape index (κ2) is 6.90. The van der Waals surface area contributed by atoms with E-state index in [-0.39, 0.29) is 0 Å². The standard InChI is InChI=1S/C14H22ClNOS/c1-10(2)9-17-7-6-16-12-4-3-5-13-11(12)8-14(15)18-13/h8,10,12,16H,3-7,9H2,1-2H3. The highest BCUT2D eigenvalue weighted by molar-refractivity contribution is 7.16. The van der Waals surface area contributed by atoms with Gasteiger partial charge >= 0.3 is 0 Å². The zero-order valence-electron chi connectivity index (χ0n) is 11.2. The molecule has 0 bridgehead atoms. The number of nitrogens with one attached hydrogen (secondary N) is 1. The van der Waals surface area contributed by atoms with E-state index in [4.69, 9.17) is 16.3 Å². The summed E-state index contributed by atoms with van der Waals surface area (Å²) in [4.78, 5) is 1.46. The average Bonchev–Trinajstić information content (AvgIpc) is 2.69. The first-order valence-electron chi connectivity index (χ1n) is 6.76. The minimum Gasteiger partial charge on any atom is -0.380 e. The molecule has 0 amide bonds. The SMILES string of the molecule is CC(C)COCCNC1CCCc2sc(Cl)cc21. The van der Waals surface area contributed by atoms with Gasteiger partial charge in [0.05, 0.1) is 10.9 Å². The Morgan fingerprint density at radius 3 is 3.17 bits per heavy atom. The average molecular weight is 288 g/mol. The third kappa shape index (κ3) is 3.95. The normalized spacial score (nSPS) is 19.2. The maximum Gasteiger partial charge on any atom is 0.0934 e. The number of halogens is 1. The van der Waals surface area contributed by atoms with Gasteiger partial charge in [0.25, 0.3) is 0 Å². The molecule has 2 rings (SSSR count). The van der Waals surface area contributed by atoms with Crippen LogP contribution in [-0.4, -0.2) is 19.8 Å². The first kappa shape index (κ1) is 14.3. The largest absolute Gasteiger partial charge is 0.380 e. The highest BCUT2D eigenvalue weighted by atomic mass is 35.5. The van der Waals surface area contributed by atoms with Gasteiger partial charge in [-0.05, 0) is 36.8 Å². The van der Waals surface area contributed by atoms with E-state index in [2.05, 4.69) is 25.2 Å². The summed E-state index contributed by atoms with van der Waals surface area (Å²) in [7, 11) is 0. The Hall–Kier alpha value is -0.0900. The van der Waals surface area contributed by atoms with Crippen molar-refractivity contribution in [2.45, 2.75) is 39.2 Å². The van der Waals surface area contributed by atoms with Crippen molar-refractivity contribution in [2.75, 3.05) is 19.8 Å². The van der Waals surface area contributed by atoms with Crippen LogP contribution in [0.15, 0.2) is 6.07 Å². The van der Waals surface area contributed by atoms with Crippen LogP contribution in [0.25, 0.3) is 0 Å². The maximum atomic E-state index is 6.10. The fourth-order valence-electron chi connectivity index (χ4n) is 2.36. The van der Waals surface area contributed by atoms with Crippen molar-refractivity contribution in [3.8, 4) is 0 Å². The van der Waals surface area contributed by atoms with Crippen LogP contribution in [-0.2, 0) is 11.2 Å². The van der Waals surface area contributed by atoms with Crippen molar-refractivity contribution < 1.29 is 4.74 Å². The Kier molecular flexibility index (Phi) is 5.49.